The lowest BCUT2D eigenvalue weighted by Crippen LogP contribution is -2.56. The van der Waals surface area contributed by atoms with Gasteiger partial charge in [0.05, 0.1) is 25.8 Å². The molecule has 1 aliphatic heterocycles. The first-order valence-electron chi connectivity index (χ1n) is 5.05. The molecule has 1 fully saturated rings. The van der Waals surface area contributed by atoms with Crippen LogP contribution < -0.4 is 5.73 Å². The van der Waals surface area contributed by atoms with Gasteiger partial charge in [0.1, 0.15) is 0 Å². The van der Waals surface area contributed by atoms with Gasteiger partial charge < -0.3 is 15.4 Å². The maximum absolute atomic E-state index is 10.7. The summed E-state index contributed by atoms with van der Waals surface area (Å²) in [5.74, 6) is 0. The zero-order chi connectivity index (χ0) is 11.5. The fourth-order valence-electron chi connectivity index (χ4n) is 1.56. The van der Waals surface area contributed by atoms with Crippen LogP contribution in [0.4, 0.5) is 4.79 Å². The fraction of sp³-hybridized carbons (Fsp3) is 0.364. The van der Waals surface area contributed by atoms with Crippen molar-refractivity contribution in [2.45, 2.75) is 12.7 Å². The smallest absolute Gasteiger partial charge is 0.314 e. The molecule has 5 heteroatoms. The van der Waals surface area contributed by atoms with Gasteiger partial charge in [-0.3, -0.25) is 0 Å². The number of hydrogen-bond acceptors (Lipinski definition) is 2. The van der Waals surface area contributed by atoms with E-state index in [1.165, 1.54) is 0 Å². The van der Waals surface area contributed by atoms with Gasteiger partial charge in [-0.2, -0.15) is 0 Å². The third-order valence-electron chi connectivity index (χ3n) is 2.53. The van der Waals surface area contributed by atoms with Gasteiger partial charge in [-0.05, 0) is 17.7 Å². The van der Waals surface area contributed by atoms with E-state index < -0.39 is 0 Å². The number of urea groups is 1. The minimum atomic E-state index is -0.386. The lowest BCUT2D eigenvalue weighted by Gasteiger charge is -2.37. The van der Waals surface area contributed by atoms with Gasteiger partial charge in [-0.1, -0.05) is 23.7 Å². The number of halogens is 1. The van der Waals surface area contributed by atoms with Crippen LogP contribution in [0.2, 0.25) is 5.02 Å². The first-order chi connectivity index (χ1) is 7.65. The highest BCUT2D eigenvalue weighted by atomic mass is 35.5. The highest BCUT2D eigenvalue weighted by molar-refractivity contribution is 6.30. The van der Waals surface area contributed by atoms with Crippen LogP contribution in [0.15, 0.2) is 24.3 Å². The molecule has 0 spiro atoms. The molecule has 0 unspecified atom stereocenters. The van der Waals surface area contributed by atoms with Crippen LogP contribution in [-0.2, 0) is 11.3 Å². The van der Waals surface area contributed by atoms with E-state index >= 15 is 0 Å². The number of likely N-dealkylation sites (tertiary alicyclic amines) is 1. The molecular weight excluding hydrogens is 228 g/mol. The number of nitrogens with zero attached hydrogens (tertiary/aromatic N) is 1. The molecule has 2 amide bonds. The van der Waals surface area contributed by atoms with Crippen LogP contribution in [0.3, 0.4) is 0 Å². The second-order valence-electron chi connectivity index (χ2n) is 3.81. The van der Waals surface area contributed by atoms with E-state index in [0.29, 0.717) is 24.7 Å². The Kier molecular flexibility index (Phi) is 3.31. The molecule has 0 saturated carbocycles. The SMILES string of the molecule is NC(=O)N1CC(OCc2cccc(Cl)c2)C1. The summed E-state index contributed by atoms with van der Waals surface area (Å²) in [4.78, 5) is 12.3. The Labute approximate surface area is 98.9 Å². The third kappa shape index (κ3) is 2.65. The third-order valence-corrected chi connectivity index (χ3v) is 2.77. The van der Waals surface area contributed by atoms with Crippen molar-refractivity contribution in [3.8, 4) is 0 Å². The Bertz CT molecular complexity index is 391. The maximum Gasteiger partial charge on any atom is 0.314 e. The number of carbonyl (C=O) groups is 1. The molecule has 0 bridgehead atoms. The quantitative estimate of drug-likeness (QED) is 0.873. The molecular formula is C11H13ClN2O2. The molecule has 1 saturated heterocycles. The van der Waals surface area contributed by atoms with Gasteiger partial charge in [-0.25, -0.2) is 4.79 Å². The van der Waals surface area contributed by atoms with E-state index in [4.69, 9.17) is 22.1 Å². The number of hydrogen-bond donors (Lipinski definition) is 1. The van der Waals surface area contributed by atoms with Gasteiger partial charge in [0.2, 0.25) is 0 Å². The predicted octanol–water partition coefficient (Wildman–Crippen LogP) is 1.62. The number of amides is 2. The van der Waals surface area contributed by atoms with Gasteiger partial charge in [0.15, 0.2) is 0 Å². The number of benzene rings is 1. The Hall–Kier alpha value is -1.26. The molecule has 0 atom stereocenters. The van der Waals surface area contributed by atoms with Crippen molar-refractivity contribution < 1.29 is 9.53 Å². The summed E-state index contributed by atoms with van der Waals surface area (Å²) in [6.07, 6.45) is 0.0893. The summed E-state index contributed by atoms with van der Waals surface area (Å²) in [6.45, 7) is 1.67. The minimum absolute atomic E-state index is 0.0893. The van der Waals surface area contributed by atoms with Crippen LogP contribution in [-0.4, -0.2) is 30.1 Å². The predicted molar refractivity (Wildman–Crippen MR) is 61.2 cm³/mol. The molecule has 2 rings (SSSR count). The zero-order valence-electron chi connectivity index (χ0n) is 8.73. The molecule has 1 aromatic rings. The second kappa shape index (κ2) is 4.72. The fourth-order valence-corrected chi connectivity index (χ4v) is 1.78. The molecule has 86 valence electrons. The average molecular weight is 241 g/mol. The largest absolute Gasteiger partial charge is 0.370 e. The van der Waals surface area contributed by atoms with E-state index in [-0.39, 0.29) is 12.1 Å². The normalized spacial score (nSPS) is 15.9. The van der Waals surface area contributed by atoms with Crippen LogP contribution >= 0.6 is 11.6 Å². The Balaban J connectivity index is 1.75. The first kappa shape index (κ1) is 11.2. The Morgan fingerprint density at radius 2 is 2.31 bits per heavy atom. The van der Waals surface area contributed by atoms with Crippen molar-refractivity contribution in [1.29, 1.82) is 0 Å². The standard InChI is InChI=1S/C11H13ClN2O2/c12-9-3-1-2-8(4-9)7-16-10-5-14(6-10)11(13)15/h1-4,10H,5-7H2,(H2,13,15). The number of rotatable bonds is 3. The van der Waals surface area contributed by atoms with E-state index in [9.17, 15) is 4.79 Å². The molecule has 4 nitrogen and oxygen atoms in total. The highest BCUT2D eigenvalue weighted by Gasteiger charge is 2.29. The van der Waals surface area contributed by atoms with Gasteiger partial charge in [0, 0.05) is 5.02 Å². The van der Waals surface area contributed by atoms with E-state index in [1.54, 1.807) is 4.90 Å². The summed E-state index contributed by atoms with van der Waals surface area (Å²) >= 11 is 5.85. The van der Waals surface area contributed by atoms with Crippen LogP contribution in [0.5, 0.6) is 0 Å². The Morgan fingerprint density at radius 3 is 2.94 bits per heavy atom. The van der Waals surface area contributed by atoms with E-state index in [0.717, 1.165) is 5.56 Å². The van der Waals surface area contributed by atoms with Gasteiger partial charge in [0.25, 0.3) is 0 Å². The Morgan fingerprint density at radius 1 is 1.56 bits per heavy atom. The van der Waals surface area contributed by atoms with Crippen molar-refractivity contribution in [2.75, 3.05) is 13.1 Å². The molecule has 1 heterocycles. The highest BCUT2D eigenvalue weighted by Crippen LogP contribution is 2.15. The number of primary amides is 1. The molecule has 0 radical (unpaired) electrons. The van der Waals surface area contributed by atoms with Gasteiger partial charge >= 0.3 is 6.03 Å². The maximum atomic E-state index is 10.7. The van der Waals surface area contributed by atoms with Crippen molar-refractivity contribution in [3.05, 3.63) is 34.9 Å². The van der Waals surface area contributed by atoms with Crippen molar-refractivity contribution in [3.63, 3.8) is 0 Å². The van der Waals surface area contributed by atoms with E-state index in [2.05, 4.69) is 0 Å². The van der Waals surface area contributed by atoms with Crippen molar-refractivity contribution in [2.24, 2.45) is 5.73 Å². The lowest BCUT2D eigenvalue weighted by atomic mass is 10.2. The number of ether oxygens (including phenoxy) is 1. The molecule has 0 aliphatic carbocycles. The summed E-state index contributed by atoms with van der Waals surface area (Å²) in [5, 5.41) is 0.702. The second-order valence-corrected chi connectivity index (χ2v) is 4.24. The molecule has 2 N–H and O–H groups in total. The summed E-state index contributed by atoms with van der Waals surface area (Å²) in [7, 11) is 0. The monoisotopic (exact) mass is 240 g/mol. The number of nitrogens with two attached hydrogens (primary N) is 1. The molecule has 0 aromatic heterocycles. The van der Waals surface area contributed by atoms with Crippen molar-refractivity contribution >= 4 is 17.6 Å². The van der Waals surface area contributed by atoms with Crippen LogP contribution in [0, 0.1) is 0 Å². The first-order valence-corrected chi connectivity index (χ1v) is 5.43. The molecule has 1 aliphatic rings. The molecule has 16 heavy (non-hydrogen) atoms. The minimum Gasteiger partial charge on any atom is -0.370 e. The van der Waals surface area contributed by atoms with Crippen molar-refractivity contribution in [1.82, 2.24) is 4.90 Å². The number of carbonyl (C=O) groups excluding carboxylic acids is 1. The summed E-state index contributed by atoms with van der Waals surface area (Å²) in [5.41, 5.74) is 6.13. The summed E-state index contributed by atoms with van der Waals surface area (Å²) < 4.78 is 5.59. The van der Waals surface area contributed by atoms with E-state index in [1.807, 2.05) is 24.3 Å². The lowest BCUT2D eigenvalue weighted by molar-refractivity contribution is -0.0428. The average Bonchev–Trinajstić information content (AvgIpc) is 2.14. The van der Waals surface area contributed by atoms with Crippen LogP contribution in [0.25, 0.3) is 0 Å². The zero-order valence-corrected chi connectivity index (χ0v) is 9.48. The molecule has 1 aromatic carbocycles. The van der Waals surface area contributed by atoms with Crippen LogP contribution in [0.1, 0.15) is 5.56 Å². The summed E-state index contributed by atoms with van der Waals surface area (Å²) in [6, 6.07) is 7.14. The topological polar surface area (TPSA) is 55.6 Å². The van der Waals surface area contributed by atoms with Gasteiger partial charge in [-0.15, -0.1) is 0 Å².